The molecule has 0 saturated heterocycles. The second-order valence-corrected chi connectivity index (χ2v) is 4.63. The molecule has 1 saturated carbocycles. The van der Waals surface area contributed by atoms with Crippen LogP contribution in [0.2, 0.25) is 0 Å². The molecule has 0 aromatic rings. The highest BCUT2D eigenvalue weighted by Gasteiger charge is 2.47. The van der Waals surface area contributed by atoms with Crippen molar-refractivity contribution in [3.8, 4) is 0 Å². The topological polar surface area (TPSA) is 60.4 Å². The van der Waals surface area contributed by atoms with Crippen molar-refractivity contribution < 1.29 is 19.1 Å². The molecule has 1 aliphatic rings. The summed E-state index contributed by atoms with van der Waals surface area (Å²) in [5.41, 5.74) is -1.04. The second kappa shape index (κ2) is 5.94. The average Bonchev–Trinajstić information content (AvgIpc) is 2.28. The van der Waals surface area contributed by atoms with Gasteiger partial charge in [0.15, 0.2) is 0 Å². The van der Waals surface area contributed by atoms with Gasteiger partial charge in [0, 0.05) is 12.8 Å². The van der Waals surface area contributed by atoms with Crippen molar-refractivity contribution in [3.05, 3.63) is 0 Å². The molecule has 0 spiro atoms. The summed E-state index contributed by atoms with van der Waals surface area (Å²) < 4.78 is 5.02. The van der Waals surface area contributed by atoms with E-state index in [9.17, 15) is 14.4 Å². The van der Waals surface area contributed by atoms with E-state index in [0.29, 0.717) is 19.3 Å². The van der Waals surface area contributed by atoms with Crippen LogP contribution in [0.1, 0.15) is 52.4 Å². The normalized spacial score (nSPS) is 24.5. The van der Waals surface area contributed by atoms with Gasteiger partial charge in [0.05, 0.1) is 6.61 Å². The molecule has 0 radical (unpaired) electrons. The molecule has 0 N–H and O–H groups in total. The minimum Gasteiger partial charge on any atom is -0.465 e. The maximum Gasteiger partial charge on any atom is 0.319 e. The van der Waals surface area contributed by atoms with E-state index in [1.54, 1.807) is 6.92 Å². The Balaban J connectivity index is 2.85. The van der Waals surface area contributed by atoms with E-state index >= 15 is 0 Å². The molecule has 0 bridgehead atoms. The highest BCUT2D eigenvalue weighted by Crippen LogP contribution is 2.38. The third-order valence-corrected chi connectivity index (χ3v) is 3.36. The predicted octanol–water partition coefficient (Wildman–Crippen LogP) is 2.05. The summed E-state index contributed by atoms with van der Waals surface area (Å²) in [6.45, 7) is 3.48. The maximum atomic E-state index is 12.0. The van der Waals surface area contributed by atoms with E-state index < -0.39 is 11.4 Å². The van der Waals surface area contributed by atoms with Crippen LogP contribution in [0.5, 0.6) is 0 Å². The Morgan fingerprint density at radius 1 is 1.35 bits per heavy atom. The van der Waals surface area contributed by atoms with E-state index in [-0.39, 0.29) is 24.6 Å². The molecule has 0 heterocycles. The van der Waals surface area contributed by atoms with Crippen LogP contribution < -0.4 is 0 Å². The number of Topliss-reactive ketones (excluding diaryl/α,β-unsaturated/α-hetero) is 2. The van der Waals surface area contributed by atoms with Crippen LogP contribution in [0.4, 0.5) is 0 Å². The first kappa shape index (κ1) is 13.9. The van der Waals surface area contributed by atoms with Crippen molar-refractivity contribution in [2.24, 2.45) is 5.41 Å². The van der Waals surface area contributed by atoms with Gasteiger partial charge in [-0.25, -0.2) is 0 Å². The Morgan fingerprint density at radius 2 is 2.06 bits per heavy atom. The quantitative estimate of drug-likeness (QED) is 0.545. The van der Waals surface area contributed by atoms with Crippen LogP contribution in [-0.2, 0) is 19.1 Å². The van der Waals surface area contributed by atoms with Gasteiger partial charge < -0.3 is 9.53 Å². The molecule has 17 heavy (non-hydrogen) atoms. The summed E-state index contributed by atoms with van der Waals surface area (Å²) in [6.07, 6.45) is 3.21. The van der Waals surface area contributed by atoms with Crippen LogP contribution in [-0.4, -0.2) is 24.1 Å². The number of ketones is 2. The van der Waals surface area contributed by atoms with Crippen LogP contribution >= 0.6 is 0 Å². The Bertz CT molecular complexity index is 321. The van der Waals surface area contributed by atoms with E-state index in [4.69, 9.17) is 4.74 Å². The van der Waals surface area contributed by atoms with Crippen LogP contribution in [0.25, 0.3) is 0 Å². The molecule has 0 amide bonds. The highest BCUT2D eigenvalue weighted by atomic mass is 16.5. The third kappa shape index (κ3) is 3.14. The van der Waals surface area contributed by atoms with Crippen LogP contribution in [0.3, 0.4) is 0 Å². The fourth-order valence-corrected chi connectivity index (χ4v) is 2.33. The maximum absolute atomic E-state index is 12.0. The van der Waals surface area contributed by atoms with Crippen molar-refractivity contribution in [2.75, 3.05) is 6.61 Å². The van der Waals surface area contributed by atoms with Crippen LogP contribution in [0.15, 0.2) is 0 Å². The summed E-state index contributed by atoms with van der Waals surface area (Å²) in [5.74, 6) is -0.485. The largest absolute Gasteiger partial charge is 0.465 e. The SMILES string of the molecule is CCOC(=O)[C@]1(CCC(C)=O)CCCCC1=O. The molecule has 1 rings (SSSR count). The summed E-state index contributed by atoms with van der Waals surface area (Å²) in [4.78, 5) is 35.1. The number of hydrogen-bond acceptors (Lipinski definition) is 4. The molecule has 96 valence electrons. The van der Waals surface area contributed by atoms with E-state index in [2.05, 4.69) is 0 Å². The Labute approximate surface area is 102 Å². The molecule has 1 aliphatic carbocycles. The van der Waals surface area contributed by atoms with Gasteiger partial charge in [0.2, 0.25) is 0 Å². The Kier molecular flexibility index (Phi) is 4.85. The lowest BCUT2D eigenvalue weighted by molar-refractivity contribution is -0.163. The van der Waals surface area contributed by atoms with Crippen molar-refractivity contribution >= 4 is 17.5 Å². The van der Waals surface area contributed by atoms with Crippen molar-refractivity contribution in [1.82, 2.24) is 0 Å². The number of hydrogen-bond donors (Lipinski definition) is 0. The lowest BCUT2D eigenvalue weighted by Gasteiger charge is -2.33. The molecule has 0 aliphatic heterocycles. The van der Waals surface area contributed by atoms with E-state index in [1.807, 2.05) is 0 Å². The second-order valence-electron chi connectivity index (χ2n) is 4.63. The van der Waals surface area contributed by atoms with Gasteiger partial charge in [-0.05, 0) is 33.1 Å². The van der Waals surface area contributed by atoms with Gasteiger partial charge in [0.1, 0.15) is 17.0 Å². The minimum atomic E-state index is -1.04. The van der Waals surface area contributed by atoms with Crippen molar-refractivity contribution in [1.29, 1.82) is 0 Å². The molecule has 0 aromatic carbocycles. The predicted molar refractivity (Wildman–Crippen MR) is 62.5 cm³/mol. The van der Waals surface area contributed by atoms with Gasteiger partial charge in [0.25, 0.3) is 0 Å². The van der Waals surface area contributed by atoms with Crippen molar-refractivity contribution in [3.63, 3.8) is 0 Å². The van der Waals surface area contributed by atoms with Crippen molar-refractivity contribution in [2.45, 2.75) is 52.4 Å². The highest BCUT2D eigenvalue weighted by molar-refractivity contribution is 6.04. The Morgan fingerprint density at radius 3 is 2.59 bits per heavy atom. The van der Waals surface area contributed by atoms with Crippen LogP contribution in [0, 0.1) is 5.41 Å². The summed E-state index contributed by atoms with van der Waals surface area (Å²) in [5, 5.41) is 0. The number of ether oxygens (including phenoxy) is 1. The summed E-state index contributed by atoms with van der Waals surface area (Å²) in [6, 6.07) is 0. The smallest absolute Gasteiger partial charge is 0.319 e. The zero-order valence-corrected chi connectivity index (χ0v) is 10.6. The third-order valence-electron chi connectivity index (χ3n) is 3.36. The van der Waals surface area contributed by atoms with Gasteiger partial charge in [-0.15, -0.1) is 0 Å². The number of carbonyl (C=O) groups excluding carboxylic acids is 3. The minimum absolute atomic E-state index is 0.00652. The first-order chi connectivity index (χ1) is 8.03. The van der Waals surface area contributed by atoms with Gasteiger partial charge in [-0.3, -0.25) is 9.59 Å². The summed E-state index contributed by atoms with van der Waals surface area (Å²) in [7, 11) is 0. The standard InChI is InChI=1S/C13H20O4/c1-3-17-12(16)13(9-7-10(2)14)8-5-4-6-11(13)15/h3-9H2,1-2H3/t13-/m0/s1. The lowest BCUT2D eigenvalue weighted by atomic mass is 9.70. The average molecular weight is 240 g/mol. The lowest BCUT2D eigenvalue weighted by Crippen LogP contribution is -2.43. The molecular formula is C13H20O4. The first-order valence-corrected chi connectivity index (χ1v) is 6.23. The molecule has 4 nitrogen and oxygen atoms in total. The number of carbonyl (C=O) groups is 3. The fourth-order valence-electron chi connectivity index (χ4n) is 2.33. The number of esters is 1. The number of rotatable bonds is 5. The Hall–Kier alpha value is -1.19. The van der Waals surface area contributed by atoms with Gasteiger partial charge in [-0.2, -0.15) is 0 Å². The molecule has 1 atom stereocenters. The zero-order valence-electron chi connectivity index (χ0n) is 10.6. The molecule has 0 aromatic heterocycles. The zero-order chi connectivity index (χ0) is 12.9. The van der Waals surface area contributed by atoms with Gasteiger partial charge >= 0.3 is 5.97 Å². The van der Waals surface area contributed by atoms with E-state index in [1.165, 1.54) is 6.92 Å². The molecule has 4 heteroatoms. The fraction of sp³-hybridized carbons (Fsp3) is 0.769. The molecular weight excluding hydrogens is 220 g/mol. The van der Waals surface area contributed by atoms with E-state index in [0.717, 1.165) is 12.8 Å². The molecule has 0 unspecified atom stereocenters. The first-order valence-electron chi connectivity index (χ1n) is 6.23. The summed E-state index contributed by atoms with van der Waals surface area (Å²) >= 11 is 0. The molecule has 1 fully saturated rings. The monoisotopic (exact) mass is 240 g/mol. The van der Waals surface area contributed by atoms with Gasteiger partial charge in [-0.1, -0.05) is 6.42 Å².